The van der Waals surface area contributed by atoms with Gasteiger partial charge in [-0.1, -0.05) is 0 Å². The molecule has 6 nitrogen and oxygen atoms in total. The van der Waals surface area contributed by atoms with Gasteiger partial charge in [0.2, 0.25) is 0 Å². The molecule has 2 aromatic rings. The van der Waals surface area contributed by atoms with E-state index in [1.807, 2.05) is 6.07 Å². The van der Waals surface area contributed by atoms with Crippen LogP contribution >= 0.6 is 0 Å². The summed E-state index contributed by atoms with van der Waals surface area (Å²) in [6.07, 6.45) is 3.12. The van der Waals surface area contributed by atoms with E-state index in [2.05, 4.69) is 10.1 Å². The highest BCUT2D eigenvalue weighted by molar-refractivity contribution is 5.97. The Balaban J connectivity index is 2.63. The lowest BCUT2D eigenvalue weighted by molar-refractivity contribution is 0.0999. The van der Waals surface area contributed by atoms with E-state index in [4.69, 9.17) is 11.0 Å². The number of carbonyl (C=O) groups is 1. The number of carbonyl (C=O) groups excluding carboxylic acids is 1. The molecule has 0 spiro atoms. The van der Waals surface area contributed by atoms with Crippen molar-refractivity contribution < 1.29 is 4.79 Å². The van der Waals surface area contributed by atoms with Crippen LogP contribution in [-0.4, -0.2) is 20.7 Å². The molecule has 0 aliphatic rings. The molecule has 2 heterocycles. The van der Waals surface area contributed by atoms with Gasteiger partial charge in [-0.3, -0.25) is 4.79 Å². The van der Waals surface area contributed by atoms with Crippen LogP contribution in [0.1, 0.15) is 21.6 Å². The molecule has 0 saturated heterocycles. The number of nitrogens with two attached hydrogens (primary N) is 1. The molecule has 1 amide bonds. The van der Waals surface area contributed by atoms with Crippen molar-refractivity contribution in [2.24, 2.45) is 5.73 Å². The summed E-state index contributed by atoms with van der Waals surface area (Å²) in [4.78, 5) is 15.4. The van der Waals surface area contributed by atoms with E-state index in [-0.39, 0.29) is 5.69 Å². The van der Waals surface area contributed by atoms with E-state index >= 15 is 0 Å². The number of nitriles is 1. The van der Waals surface area contributed by atoms with Gasteiger partial charge in [0.1, 0.15) is 6.07 Å². The normalized spacial score (nSPS) is 9.88. The second kappa shape index (κ2) is 4.06. The van der Waals surface area contributed by atoms with E-state index < -0.39 is 5.91 Å². The Bertz CT molecular complexity index is 623. The average molecular weight is 227 g/mol. The third-order valence-electron chi connectivity index (χ3n) is 2.31. The van der Waals surface area contributed by atoms with Crippen molar-refractivity contribution in [2.75, 3.05) is 0 Å². The number of hydrogen-bond donors (Lipinski definition) is 1. The molecular formula is C11H9N5O. The van der Waals surface area contributed by atoms with Crippen LogP contribution in [0.25, 0.3) is 5.82 Å². The van der Waals surface area contributed by atoms with Crippen LogP contribution in [0, 0.1) is 18.3 Å². The fraction of sp³-hybridized carbons (Fsp3) is 0.0909. The Morgan fingerprint density at radius 3 is 2.88 bits per heavy atom. The van der Waals surface area contributed by atoms with Gasteiger partial charge in [0, 0.05) is 12.4 Å². The highest BCUT2D eigenvalue weighted by Gasteiger charge is 2.14. The molecule has 17 heavy (non-hydrogen) atoms. The van der Waals surface area contributed by atoms with Crippen molar-refractivity contribution in [3.63, 3.8) is 0 Å². The highest BCUT2D eigenvalue weighted by Crippen LogP contribution is 2.14. The second-order valence-corrected chi connectivity index (χ2v) is 3.45. The molecule has 0 aliphatic heterocycles. The lowest BCUT2D eigenvalue weighted by Gasteiger charge is -2.07. The topological polar surface area (TPSA) is 97.6 Å². The minimum atomic E-state index is -0.570. The fourth-order valence-electron chi connectivity index (χ4n) is 1.52. The van der Waals surface area contributed by atoms with Gasteiger partial charge in [0.25, 0.3) is 5.91 Å². The molecule has 0 bridgehead atoms. The smallest absolute Gasteiger partial charge is 0.252 e. The molecular weight excluding hydrogens is 218 g/mol. The van der Waals surface area contributed by atoms with Crippen LogP contribution in [-0.2, 0) is 0 Å². The fourth-order valence-corrected chi connectivity index (χ4v) is 1.52. The molecule has 2 N–H and O–H groups in total. The van der Waals surface area contributed by atoms with Gasteiger partial charge < -0.3 is 5.73 Å². The number of rotatable bonds is 2. The Hall–Kier alpha value is -2.68. The van der Waals surface area contributed by atoms with E-state index in [9.17, 15) is 4.79 Å². The van der Waals surface area contributed by atoms with Gasteiger partial charge >= 0.3 is 0 Å². The first kappa shape index (κ1) is 10.8. The number of aryl methyl sites for hydroxylation is 1. The zero-order valence-corrected chi connectivity index (χ0v) is 9.08. The van der Waals surface area contributed by atoms with Gasteiger partial charge in [0.05, 0.1) is 5.56 Å². The largest absolute Gasteiger partial charge is 0.365 e. The van der Waals surface area contributed by atoms with Gasteiger partial charge in [0.15, 0.2) is 11.5 Å². The quantitative estimate of drug-likeness (QED) is 0.809. The van der Waals surface area contributed by atoms with Crippen molar-refractivity contribution >= 4 is 5.91 Å². The highest BCUT2D eigenvalue weighted by atomic mass is 16.1. The van der Waals surface area contributed by atoms with E-state index in [0.717, 1.165) is 5.56 Å². The van der Waals surface area contributed by atoms with Crippen molar-refractivity contribution in [3.05, 3.63) is 41.3 Å². The minimum absolute atomic E-state index is 0.253. The van der Waals surface area contributed by atoms with Gasteiger partial charge in [-0.2, -0.15) is 10.4 Å². The lowest BCUT2D eigenvalue weighted by Crippen LogP contribution is -2.17. The minimum Gasteiger partial charge on any atom is -0.365 e. The maximum absolute atomic E-state index is 11.4. The zero-order valence-electron chi connectivity index (χ0n) is 9.08. The summed E-state index contributed by atoms with van der Waals surface area (Å²) in [5, 5.41) is 12.7. The van der Waals surface area contributed by atoms with E-state index in [0.29, 0.717) is 11.4 Å². The number of pyridine rings is 1. The van der Waals surface area contributed by atoms with Gasteiger partial charge in [-0.05, 0) is 24.6 Å². The summed E-state index contributed by atoms with van der Waals surface area (Å²) in [5.74, 6) is -0.237. The molecule has 6 heteroatoms. The molecule has 84 valence electrons. The lowest BCUT2D eigenvalue weighted by atomic mass is 10.1. The van der Waals surface area contributed by atoms with E-state index in [1.165, 1.54) is 10.7 Å². The van der Waals surface area contributed by atoms with Crippen molar-refractivity contribution in [2.45, 2.75) is 6.92 Å². The summed E-state index contributed by atoms with van der Waals surface area (Å²) >= 11 is 0. The van der Waals surface area contributed by atoms with Gasteiger partial charge in [-0.25, -0.2) is 9.67 Å². The number of hydrogen-bond acceptors (Lipinski definition) is 4. The SMILES string of the molecule is Cc1ccnc(-n2ccc(C#N)n2)c1C(N)=O. The van der Waals surface area contributed by atoms with Crippen LogP contribution in [0.4, 0.5) is 0 Å². The van der Waals surface area contributed by atoms with Crippen LogP contribution in [0.3, 0.4) is 0 Å². The maximum Gasteiger partial charge on any atom is 0.252 e. The molecule has 2 aromatic heterocycles. The molecule has 0 atom stereocenters. The second-order valence-electron chi connectivity index (χ2n) is 3.45. The van der Waals surface area contributed by atoms with Crippen molar-refractivity contribution in [1.82, 2.24) is 14.8 Å². The number of amides is 1. The monoisotopic (exact) mass is 227 g/mol. The average Bonchev–Trinajstić information content (AvgIpc) is 2.76. The molecule has 0 aromatic carbocycles. The first-order valence-corrected chi connectivity index (χ1v) is 4.85. The van der Waals surface area contributed by atoms with E-state index in [1.54, 1.807) is 25.4 Å². The van der Waals surface area contributed by atoms with Crippen LogP contribution in [0.15, 0.2) is 24.5 Å². The third kappa shape index (κ3) is 1.86. The predicted molar refractivity (Wildman–Crippen MR) is 59.3 cm³/mol. The first-order valence-electron chi connectivity index (χ1n) is 4.85. The summed E-state index contributed by atoms with van der Waals surface area (Å²) in [5.41, 5.74) is 6.59. The molecule has 0 saturated carbocycles. The van der Waals surface area contributed by atoms with Crippen molar-refractivity contribution in [1.29, 1.82) is 5.26 Å². The maximum atomic E-state index is 11.4. The summed E-state index contributed by atoms with van der Waals surface area (Å²) in [6.45, 7) is 1.76. The van der Waals surface area contributed by atoms with Gasteiger partial charge in [-0.15, -0.1) is 0 Å². The summed E-state index contributed by atoms with van der Waals surface area (Å²) in [6, 6.07) is 5.13. The first-order chi connectivity index (χ1) is 8.13. The number of primary amides is 1. The summed E-state index contributed by atoms with van der Waals surface area (Å²) < 4.78 is 1.37. The van der Waals surface area contributed by atoms with Crippen molar-refractivity contribution in [3.8, 4) is 11.9 Å². The Labute approximate surface area is 97.3 Å². The van der Waals surface area contributed by atoms with Crippen LogP contribution in [0.5, 0.6) is 0 Å². The van der Waals surface area contributed by atoms with Crippen LogP contribution in [0.2, 0.25) is 0 Å². The molecule has 0 unspecified atom stereocenters. The Morgan fingerprint density at radius 2 is 2.29 bits per heavy atom. The number of nitrogens with zero attached hydrogens (tertiary/aromatic N) is 4. The number of aromatic nitrogens is 3. The standard InChI is InChI=1S/C11H9N5O/c1-7-2-4-14-11(9(7)10(13)17)16-5-3-8(6-12)15-16/h2-5H,1H3,(H2,13,17). The molecule has 0 aliphatic carbocycles. The molecule has 0 radical (unpaired) electrons. The van der Waals surface area contributed by atoms with Crippen LogP contribution < -0.4 is 5.73 Å². The molecule has 0 fully saturated rings. The predicted octanol–water partition coefficient (Wildman–Crippen LogP) is 0.546. The zero-order chi connectivity index (χ0) is 12.4. The molecule has 2 rings (SSSR count). The Kier molecular flexibility index (Phi) is 2.58. The Morgan fingerprint density at radius 1 is 1.53 bits per heavy atom. The third-order valence-corrected chi connectivity index (χ3v) is 2.31. The summed E-state index contributed by atoms with van der Waals surface area (Å²) in [7, 11) is 0.